The molecular formula is C16H27N3O2. The van der Waals surface area contributed by atoms with Gasteiger partial charge in [-0.3, -0.25) is 4.79 Å². The molecule has 0 atom stereocenters. The molecule has 118 valence electrons. The van der Waals surface area contributed by atoms with Crippen LogP contribution in [0.25, 0.3) is 0 Å². The summed E-state index contributed by atoms with van der Waals surface area (Å²) in [5, 5.41) is 12.2. The summed E-state index contributed by atoms with van der Waals surface area (Å²) in [4.78, 5) is 18.3. The molecular weight excluding hydrogens is 266 g/mol. The second-order valence-corrected chi connectivity index (χ2v) is 5.66. The van der Waals surface area contributed by atoms with Crippen molar-refractivity contribution < 1.29 is 9.90 Å². The molecule has 1 aromatic rings. The second-order valence-electron chi connectivity index (χ2n) is 5.66. The Morgan fingerprint density at radius 1 is 1.33 bits per heavy atom. The van der Waals surface area contributed by atoms with Gasteiger partial charge in [0.05, 0.1) is 5.56 Å². The molecule has 2 N–H and O–H groups in total. The van der Waals surface area contributed by atoms with Gasteiger partial charge in [-0.1, -0.05) is 13.8 Å². The molecule has 0 saturated carbocycles. The van der Waals surface area contributed by atoms with E-state index < -0.39 is 0 Å². The number of amides is 1. The van der Waals surface area contributed by atoms with Crippen LogP contribution in [0.1, 0.15) is 43.5 Å². The van der Waals surface area contributed by atoms with Crippen LogP contribution < -0.4 is 10.2 Å². The molecule has 0 aliphatic rings. The average molecular weight is 293 g/mol. The zero-order valence-electron chi connectivity index (χ0n) is 13.5. The quantitative estimate of drug-likeness (QED) is 0.770. The third kappa shape index (κ3) is 4.70. The maximum absolute atomic E-state index is 12.2. The van der Waals surface area contributed by atoms with E-state index in [1.807, 2.05) is 25.1 Å². The summed E-state index contributed by atoms with van der Waals surface area (Å²) in [6.07, 6.45) is 4.17. The molecule has 5 nitrogen and oxygen atoms in total. The Labute approximate surface area is 127 Å². The summed E-state index contributed by atoms with van der Waals surface area (Å²) in [7, 11) is 3.82. The molecule has 1 aromatic heterocycles. The van der Waals surface area contributed by atoms with Gasteiger partial charge < -0.3 is 15.3 Å². The molecule has 0 aromatic carbocycles. The van der Waals surface area contributed by atoms with Crippen LogP contribution in [0.4, 0.5) is 5.82 Å². The van der Waals surface area contributed by atoms with Gasteiger partial charge in [-0.25, -0.2) is 4.98 Å². The number of aliphatic hydroxyl groups is 1. The van der Waals surface area contributed by atoms with Crippen LogP contribution in [0.5, 0.6) is 0 Å². The minimum Gasteiger partial charge on any atom is -0.396 e. The molecule has 0 radical (unpaired) electrons. The molecule has 21 heavy (non-hydrogen) atoms. The van der Waals surface area contributed by atoms with Crippen LogP contribution in [0.3, 0.4) is 0 Å². The lowest BCUT2D eigenvalue weighted by atomic mass is 9.79. The number of nitrogens with zero attached hydrogens (tertiary/aromatic N) is 2. The maximum Gasteiger partial charge on any atom is 0.252 e. The van der Waals surface area contributed by atoms with Crippen molar-refractivity contribution in [3.8, 4) is 0 Å². The van der Waals surface area contributed by atoms with Crippen molar-refractivity contribution in [2.45, 2.75) is 33.1 Å². The summed E-state index contributed by atoms with van der Waals surface area (Å²) < 4.78 is 0. The number of nitrogens with one attached hydrogen (secondary N) is 1. The monoisotopic (exact) mass is 293 g/mol. The molecule has 0 saturated heterocycles. The first-order valence-electron chi connectivity index (χ1n) is 7.50. The van der Waals surface area contributed by atoms with Gasteiger partial charge in [-0.05, 0) is 36.8 Å². The van der Waals surface area contributed by atoms with E-state index >= 15 is 0 Å². The minimum atomic E-state index is -0.114. The normalized spacial score (nSPS) is 11.3. The average Bonchev–Trinajstić information content (AvgIpc) is 2.51. The summed E-state index contributed by atoms with van der Waals surface area (Å²) in [6.45, 7) is 4.92. The van der Waals surface area contributed by atoms with Crippen molar-refractivity contribution in [3.05, 3.63) is 23.9 Å². The van der Waals surface area contributed by atoms with Crippen molar-refractivity contribution in [1.29, 1.82) is 0 Å². The largest absolute Gasteiger partial charge is 0.396 e. The zero-order valence-corrected chi connectivity index (χ0v) is 13.5. The van der Waals surface area contributed by atoms with Gasteiger partial charge in [-0.15, -0.1) is 0 Å². The van der Waals surface area contributed by atoms with E-state index in [4.69, 9.17) is 0 Å². The number of anilines is 1. The third-order valence-corrected chi connectivity index (χ3v) is 4.23. The number of carbonyl (C=O) groups excluding carboxylic acids is 1. The second kappa shape index (κ2) is 7.98. The molecule has 0 aliphatic heterocycles. The van der Waals surface area contributed by atoms with Crippen LogP contribution in [0.15, 0.2) is 18.3 Å². The van der Waals surface area contributed by atoms with Gasteiger partial charge in [0.25, 0.3) is 5.91 Å². The van der Waals surface area contributed by atoms with Crippen LogP contribution in [-0.4, -0.2) is 43.2 Å². The highest BCUT2D eigenvalue weighted by Crippen LogP contribution is 2.29. The Morgan fingerprint density at radius 3 is 2.43 bits per heavy atom. The molecule has 0 unspecified atom stereocenters. The van der Waals surface area contributed by atoms with E-state index in [2.05, 4.69) is 24.1 Å². The fourth-order valence-corrected chi connectivity index (χ4v) is 2.33. The van der Waals surface area contributed by atoms with Gasteiger partial charge in [0.2, 0.25) is 0 Å². The van der Waals surface area contributed by atoms with Crippen molar-refractivity contribution in [1.82, 2.24) is 10.3 Å². The highest BCUT2D eigenvalue weighted by Gasteiger charge is 2.26. The number of rotatable bonds is 8. The highest BCUT2D eigenvalue weighted by atomic mass is 16.3. The number of aliphatic hydroxyl groups excluding tert-OH is 1. The lowest BCUT2D eigenvalue weighted by Gasteiger charge is -2.31. The lowest BCUT2D eigenvalue weighted by Crippen LogP contribution is -2.37. The van der Waals surface area contributed by atoms with Crippen molar-refractivity contribution in [2.75, 3.05) is 32.1 Å². The van der Waals surface area contributed by atoms with E-state index in [1.165, 1.54) is 0 Å². The molecule has 1 heterocycles. The smallest absolute Gasteiger partial charge is 0.252 e. The zero-order chi connectivity index (χ0) is 15.9. The van der Waals surface area contributed by atoms with Crippen molar-refractivity contribution >= 4 is 11.7 Å². The molecule has 0 fully saturated rings. The Morgan fingerprint density at radius 2 is 2.00 bits per heavy atom. The Balaban J connectivity index is 2.67. The van der Waals surface area contributed by atoms with Gasteiger partial charge in [-0.2, -0.15) is 0 Å². The lowest BCUT2D eigenvalue weighted by molar-refractivity contribution is 0.0907. The van der Waals surface area contributed by atoms with Crippen LogP contribution in [0, 0.1) is 5.41 Å². The Kier molecular flexibility index (Phi) is 6.62. The fourth-order valence-electron chi connectivity index (χ4n) is 2.33. The molecule has 1 rings (SSSR count). The predicted octanol–water partition coefficient (Wildman–Crippen LogP) is 2.07. The Hall–Kier alpha value is -1.62. The first-order valence-corrected chi connectivity index (χ1v) is 7.50. The third-order valence-electron chi connectivity index (χ3n) is 4.23. The predicted molar refractivity (Wildman–Crippen MR) is 85.6 cm³/mol. The molecule has 0 spiro atoms. The summed E-state index contributed by atoms with van der Waals surface area (Å²) in [5.74, 6) is 0.709. The van der Waals surface area contributed by atoms with Crippen molar-refractivity contribution in [3.63, 3.8) is 0 Å². The molecule has 0 aliphatic carbocycles. The van der Waals surface area contributed by atoms with Gasteiger partial charge in [0, 0.05) is 33.4 Å². The number of carbonyl (C=O) groups is 1. The summed E-state index contributed by atoms with van der Waals surface area (Å²) >= 11 is 0. The standard InChI is InChI=1S/C16H27N3O2/c1-5-16(6-2,9-10-20)12-18-15(21)13-7-8-14(17-11-13)19(3)4/h7-8,11,20H,5-6,9-10,12H2,1-4H3,(H,18,21). The SMILES string of the molecule is CCC(CC)(CCO)CNC(=O)c1ccc(N(C)C)nc1. The topological polar surface area (TPSA) is 65.5 Å². The minimum absolute atomic E-state index is 0.0264. The van der Waals surface area contributed by atoms with E-state index in [1.54, 1.807) is 12.3 Å². The van der Waals surface area contributed by atoms with Crippen LogP contribution in [0.2, 0.25) is 0 Å². The first kappa shape index (κ1) is 17.4. The maximum atomic E-state index is 12.2. The molecule has 0 bridgehead atoms. The fraction of sp³-hybridized carbons (Fsp3) is 0.625. The van der Waals surface area contributed by atoms with Gasteiger partial charge in [0.15, 0.2) is 0 Å². The van der Waals surface area contributed by atoms with E-state index in [0.717, 1.165) is 18.7 Å². The summed E-state index contributed by atoms with van der Waals surface area (Å²) in [5.41, 5.74) is 0.534. The van der Waals surface area contributed by atoms with E-state index in [0.29, 0.717) is 18.5 Å². The van der Waals surface area contributed by atoms with Crippen molar-refractivity contribution in [2.24, 2.45) is 5.41 Å². The first-order chi connectivity index (χ1) is 9.98. The number of hydrogen-bond donors (Lipinski definition) is 2. The Bertz CT molecular complexity index is 439. The number of hydrogen-bond acceptors (Lipinski definition) is 4. The summed E-state index contributed by atoms with van der Waals surface area (Å²) in [6, 6.07) is 3.61. The number of aromatic nitrogens is 1. The highest BCUT2D eigenvalue weighted by molar-refractivity contribution is 5.94. The van der Waals surface area contributed by atoms with Crippen LogP contribution in [-0.2, 0) is 0 Å². The van der Waals surface area contributed by atoms with E-state index in [9.17, 15) is 9.90 Å². The molecule has 5 heteroatoms. The number of pyridine rings is 1. The van der Waals surface area contributed by atoms with Crippen LogP contribution >= 0.6 is 0 Å². The van der Waals surface area contributed by atoms with E-state index in [-0.39, 0.29) is 17.9 Å². The van der Waals surface area contributed by atoms with Gasteiger partial charge >= 0.3 is 0 Å². The molecule has 1 amide bonds. The van der Waals surface area contributed by atoms with Gasteiger partial charge in [0.1, 0.15) is 5.82 Å².